The molecule has 0 spiro atoms. The minimum atomic E-state index is -1.49. The third-order valence-electron chi connectivity index (χ3n) is 14.8. The van der Waals surface area contributed by atoms with Crippen LogP contribution in [0.4, 0.5) is 0 Å². The first-order valence-electron chi connectivity index (χ1n) is 33.9. The van der Waals surface area contributed by atoms with Crippen LogP contribution in [0.3, 0.4) is 0 Å². The molecule has 0 aliphatic carbocycles. The highest BCUT2D eigenvalue weighted by Gasteiger charge is 2.36. The topological polar surface area (TPSA) is 776 Å². The fourth-order valence-corrected chi connectivity index (χ4v) is 9.84. The number of nitrogens with zero attached hydrogens (tertiary/aromatic N) is 7. The van der Waals surface area contributed by atoms with E-state index in [0.717, 1.165) is 0 Å². The van der Waals surface area contributed by atoms with Gasteiger partial charge in [-0.25, -0.2) is 4.79 Å². The molecule has 0 radical (unpaired) electrons. The highest BCUT2D eigenvalue weighted by atomic mass is 16.4. The molecule has 0 aliphatic rings. The zero-order valence-corrected chi connectivity index (χ0v) is 59.8. The van der Waals surface area contributed by atoms with E-state index in [1.165, 1.54) is 0 Å². The van der Waals surface area contributed by atoms with Gasteiger partial charge in [0.2, 0.25) is 53.2 Å². The van der Waals surface area contributed by atoms with Gasteiger partial charge in [0.1, 0.15) is 54.4 Å². The Balaban J connectivity index is 7.57. The van der Waals surface area contributed by atoms with Crippen LogP contribution >= 0.6 is 0 Å². The first kappa shape index (κ1) is 91.5. The summed E-state index contributed by atoms with van der Waals surface area (Å²) in [6.45, 7) is 10.9. The van der Waals surface area contributed by atoms with Crippen LogP contribution in [0.2, 0.25) is 0 Å². The summed E-state index contributed by atoms with van der Waals surface area (Å²) in [7, 11) is 0. The van der Waals surface area contributed by atoms with Crippen molar-refractivity contribution in [3.8, 4) is 0 Å². The van der Waals surface area contributed by atoms with Crippen molar-refractivity contribution < 1.29 is 53.1 Å². The quantitative estimate of drug-likeness (QED) is 0.0153. The van der Waals surface area contributed by atoms with Crippen molar-refractivity contribution in [1.29, 1.82) is 0 Å². The number of guanidine groups is 7. The molecule has 0 unspecified atom stereocenters. The van der Waals surface area contributed by atoms with Gasteiger partial charge in [-0.15, -0.1) is 0 Å². The van der Waals surface area contributed by atoms with Gasteiger partial charge in [-0.3, -0.25) is 78.1 Å². The number of hydrogen-bond donors (Lipinski definition) is 25. The molecule has 0 aromatic heterocycles. The fourth-order valence-electron chi connectivity index (χ4n) is 9.84. The maximum absolute atomic E-state index is 14.8. The Morgan fingerprint density at radius 3 is 0.598 bits per heavy atom. The summed E-state index contributed by atoms with van der Waals surface area (Å²) < 4.78 is 0. The number of carboxylic acid groups (broad SMARTS) is 1. The minimum Gasteiger partial charge on any atom is -0.480 e. The average Bonchev–Trinajstić information content (AvgIpc) is 1.03. The molecule has 0 aromatic rings. The lowest BCUT2D eigenvalue weighted by molar-refractivity contribution is -0.142. The largest absolute Gasteiger partial charge is 0.480 e. The van der Waals surface area contributed by atoms with E-state index >= 15 is 0 Å². The number of amides is 9. The Kier molecular flexibility index (Phi) is 45.6. The molecule has 0 aliphatic heterocycles. The lowest BCUT2D eigenvalue weighted by atomic mass is 10.00. The molecule has 0 rings (SSSR count). The normalized spacial score (nSPS) is 13.9. The Bertz CT molecular complexity index is 2860. The number of nitrogens with one attached hydrogen (secondary N) is 9. The van der Waals surface area contributed by atoms with E-state index < -0.39 is 120 Å². The van der Waals surface area contributed by atoms with Crippen LogP contribution in [0.25, 0.3) is 0 Å². The second kappa shape index (κ2) is 50.8. The number of carboxylic acids is 1. The van der Waals surface area contributed by atoms with Gasteiger partial charge >= 0.3 is 5.97 Å². The molecule has 0 heterocycles. The molecule has 0 saturated carbocycles. The number of aliphatic carboxylic acids is 1. The van der Waals surface area contributed by atoms with Crippen LogP contribution in [0.1, 0.15) is 151 Å². The van der Waals surface area contributed by atoms with E-state index in [9.17, 15) is 53.1 Å². The summed E-state index contributed by atoms with van der Waals surface area (Å²) in [5.74, 6) is -11.4. The van der Waals surface area contributed by atoms with E-state index in [2.05, 4.69) is 82.8 Å². The summed E-state index contributed by atoms with van der Waals surface area (Å²) in [5.41, 5.74) is 83.6. The van der Waals surface area contributed by atoms with Crippen LogP contribution in [0.15, 0.2) is 34.9 Å². The maximum Gasteiger partial charge on any atom is 0.326 e. The number of nitrogens with two attached hydrogens (primary N) is 15. The lowest BCUT2D eigenvalue weighted by Gasteiger charge is -2.29. The summed E-state index contributed by atoms with van der Waals surface area (Å²) in [6, 6.07) is -13.7. The predicted molar refractivity (Wildman–Crippen MR) is 391 cm³/mol. The molecule has 9 amide bonds. The number of aliphatic imine (C=N–C) groups is 7. The number of hydrogen-bond acceptors (Lipinski definition) is 18. The Hall–Kier alpha value is -10.4. The monoisotopic (exact) mass is 1450 g/mol. The molecule has 40 N–H and O–H groups in total. The van der Waals surface area contributed by atoms with Gasteiger partial charge in [-0.05, 0) is 127 Å². The summed E-state index contributed by atoms with van der Waals surface area (Å²) in [4.78, 5) is 169. The van der Waals surface area contributed by atoms with Crippen LogP contribution in [0, 0.1) is 17.8 Å². The molecular weight excluding hydrogens is 1330 g/mol. The van der Waals surface area contributed by atoms with E-state index in [1.54, 1.807) is 27.7 Å². The highest BCUT2D eigenvalue weighted by molar-refractivity contribution is 5.99. The summed E-state index contributed by atoms with van der Waals surface area (Å²) in [5, 5.41) is 34.0. The smallest absolute Gasteiger partial charge is 0.326 e. The molecule has 42 nitrogen and oxygen atoms in total. The summed E-state index contributed by atoms with van der Waals surface area (Å²) >= 11 is 0. The second-order valence-corrected chi connectivity index (χ2v) is 25.5. The molecule has 0 bridgehead atoms. The third-order valence-corrected chi connectivity index (χ3v) is 14.8. The minimum absolute atomic E-state index is 0.0112. The maximum atomic E-state index is 14.8. The molecule has 10 atom stereocenters. The molecule has 102 heavy (non-hydrogen) atoms. The van der Waals surface area contributed by atoms with Gasteiger partial charge in [-0.2, -0.15) is 0 Å². The second-order valence-electron chi connectivity index (χ2n) is 25.5. The van der Waals surface area contributed by atoms with Crippen LogP contribution in [-0.2, 0) is 47.9 Å². The lowest BCUT2D eigenvalue weighted by Crippen LogP contribution is -2.60. The van der Waals surface area contributed by atoms with Crippen molar-refractivity contribution in [3.63, 3.8) is 0 Å². The zero-order chi connectivity index (χ0) is 77.6. The van der Waals surface area contributed by atoms with Crippen molar-refractivity contribution in [2.24, 2.45) is 139 Å². The van der Waals surface area contributed by atoms with Gasteiger partial charge in [0, 0.05) is 45.8 Å². The first-order valence-corrected chi connectivity index (χ1v) is 33.9. The standard InChI is InChI=1S/C60H119N31O11/c1-31(2)28-41(89-44(92)34(61)14-7-21-76-54(62)63)50(98)85-35(15-8-22-77-55(64)65)45(93)83-38(18-11-25-80-58(70)71)48(96)90-42(29-32(3)4)51(99)86-36(16-9-23-78-56(66)67)46(94)84-39(19-12-26-81-59(72)73)49(97)91-43(30-33(5)6)52(100)87-37(17-10-24-79-57(68)69)47(95)88-40(53(101)102)20-13-27-82-60(74)75/h31-43H,7-30,61H2,1-6H3,(H,83,93)(H,84,94)(H,85,98)(H,86,99)(H,87,100)(H,88,95)(H,89,92)(H,90,96)(H,91,97)(H,101,102)(H4,62,63,76)(H4,64,65,77)(H4,66,67,78)(H4,68,69,79)(H4,70,71,80)(H4,72,73,81)(H4,74,75,82)/t34-,35-,36-,37-,38-,39-,40-,41-,42-,43-/m0/s1. The molecular formula is C60H119N31O11. The van der Waals surface area contributed by atoms with Crippen molar-refractivity contribution in [2.75, 3.05) is 45.8 Å². The van der Waals surface area contributed by atoms with Gasteiger partial charge < -0.3 is 139 Å². The molecule has 42 heteroatoms. The van der Waals surface area contributed by atoms with E-state index in [-0.39, 0.29) is 208 Å². The molecule has 0 aromatic carbocycles. The van der Waals surface area contributed by atoms with Crippen molar-refractivity contribution in [3.05, 3.63) is 0 Å². The highest BCUT2D eigenvalue weighted by Crippen LogP contribution is 2.15. The Morgan fingerprint density at radius 1 is 0.255 bits per heavy atom. The fraction of sp³-hybridized carbons (Fsp3) is 0.717. The SMILES string of the molecule is CC(C)C[C@H](NC(=O)[C@H](CCCN=C(N)N)NC(=O)[C@H](CCCN=C(N)N)NC(=O)[C@H](CC(C)C)NC(=O)[C@H](CCCN=C(N)N)NC(=O)[C@H](CCCN=C(N)N)NC(=O)[C@H](CC(C)C)NC(=O)[C@@H](N)CCCN=C(N)N)C(=O)N[C@@H](CCCN=C(N)N)C(=O)N[C@@H](CCCN=C(N)N)C(=O)O. The van der Waals surface area contributed by atoms with Gasteiger partial charge in [0.05, 0.1) is 6.04 Å². The number of carbonyl (C=O) groups excluding carboxylic acids is 9. The molecule has 0 fully saturated rings. The van der Waals surface area contributed by atoms with Crippen LogP contribution in [-0.4, -0.2) is 212 Å². The van der Waals surface area contributed by atoms with E-state index in [4.69, 9.17) is 86.0 Å². The Labute approximate surface area is 595 Å². The number of rotatable bonds is 53. The van der Waals surface area contributed by atoms with Crippen molar-refractivity contribution in [2.45, 2.75) is 211 Å². The van der Waals surface area contributed by atoms with Gasteiger partial charge in [0.25, 0.3) is 0 Å². The van der Waals surface area contributed by atoms with Gasteiger partial charge in [0.15, 0.2) is 41.7 Å². The van der Waals surface area contributed by atoms with Crippen LogP contribution < -0.4 is 134 Å². The average molecular weight is 1450 g/mol. The Morgan fingerprint density at radius 2 is 0.412 bits per heavy atom. The van der Waals surface area contributed by atoms with Crippen molar-refractivity contribution in [1.82, 2.24) is 47.9 Å². The van der Waals surface area contributed by atoms with Gasteiger partial charge in [-0.1, -0.05) is 41.5 Å². The summed E-state index contributed by atoms with van der Waals surface area (Å²) in [6.07, 6.45) is 0.455. The molecule has 0 saturated heterocycles. The van der Waals surface area contributed by atoms with E-state index in [0.29, 0.717) is 6.42 Å². The third kappa shape index (κ3) is 43.8. The van der Waals surface area contributed by atoms with Crippen LogP contribution in [0.5, 0.6) is 0 Å². The zero-order valence-electron chi connectivity index (χ0n) is 59.8. The predicted octanol–water partition coefficient (Wildman–Crippen LogP) is -8.72. The first-order chi connectivity index (χ1) is 47.8. The molecule has 580 valence electrons. The van der Waals surface area contributed by atoms with Crippen molar-refractivity contribution >= 4 is 101 Å². The number of carbonyl (C=O) groups is 10. The van der Waals surface area contributed by atoms with E-state index in [1.807, 2.05) is 13.8 Å².